The van der Waals surface area contributed by atoms with Gasteiger partial charge in [0, 0.05) is 12.6 Å². The van der Waals surface area contributed by atoms with Crippen molar-refractivity contribution in [3.05, 3.63) is 0 Å². The van der Waals surface area contributed by atoms with Crippen LogP contribution >= 0.6 is 34.4 Å². The Labute approximate surface area is 128 Å². The van der Waals surface area contributed by atoms with Crippen molar-refractivity contribution >= 4 is 34.4 Å². The highest BCUT2D eigenvalue weighted by atomic mass is 127. The van der Waals surface area contributed by atoms with Gasteiger partial charge in [-0.1, -0.05) is 22.6 Å². The molecule has 0 aromatic heterocycles. The fourth-order valence-corrected chi connectivity index (χ4v) is 6.47. The Morgan fingerprint density at radius 2 is 2.05 bits per heavy atom. The summed E-state index contributed by atoms with van der Waals surface area (Å²) in [5.41, 5.74) is 0. The number of rotatable bonds is 2. The summed E-state index contributed by atoms with van der Waals surface area (Å²) in [4.78, 5) is 1.86. The molecule has 19 heavy (non-hydrogen) atoms. The normalized spacial score (nSPS) is 45.0. The van der Waals surface area contributed by atoms with Crippen LogP contribution in [-0.2, 0) is 0 Å². The summed E-state index contributed by atoms with van der Waals surface area (Å²) in [6.45, 7) is 2.20. The van der Waals surface area contributed by atoms with Crippen LogP contribution in [0.4, 0.5) is 17.6 Å². The molecule has 0 aromatic rings. The van der Waals surface area contributed by atoms with E-state index in [1.54, 1.807) is 0 Å². The van der Waals surface area contributed by atoms with Gasteiger partial charge >= 0.3 is 6.18 Å². The monoisotopic (exact) mass is 412 g/mol. The van der Waals surface area contributed by atoms with Crippen molar-refractivity contribution in [2.24, 2.45) is 0 Å². The van der Waals surface area contributed by atoms with E-state index in [2.05, 4.69) is 5.32 Å². The first-order valence-electron chi connectivity index (χ1n) is 6.12. The van der Waals surface area contributed by atoms with Crippen LogP contribution in [0.3, 0.4) is 0 Å². The molecular formula is C11H17F4IN2S. The van der Waals surface area contributed by atoms with Gasteiger partial charge in [-0.05, 0) is 26.9 Å². The SMILES string of the molecule is CN1CC[C@H](N[C@@H]2C(I)SC2(C)C(F)(F)F)[C@H](F)C1. The standard InChI is InChI=1S/C11H17F4IN2S/c1-10(11(13,14)15)8(9(16)19-10)17-7-3-4-18(2)5-6(7)12/h6-9,17H,3-5H2,1-2H3/t6-,7+,8-,9?,10?/m1/s1. The number of hydrogen-bond acceptors (Lipinski definition) is 3. The molecule has 2 heterocycles. The van der Waals surface area contributed by atoms with Crippen LogP contribution in [0.15, 0.2) is 0 Å². The zero-order valence-electron chi connectivity index (χ0n) is 10.7. The summed E-state index contributed by atoms with van der Waals surface area (Å²) < 4.78 is 51.1. The Balaban J connectivity index is 2.02. The molecule has 2 fully saturated rings. The third-order valence-corrected chi connectivity index (χ3v) is 6.87. The van der Waals surface area contributed by atoms with Gasteiger partial charge in [-0.2, -0.15) is 13.2 Å². The van der Waals surface area contributed by atoms with Crippen molar-refractivity contribution < 1.29 is 17.6 Å². The molecule has 0 saturated carbocycles. The van der Waals surface area contributed by atoms with Crippen LogP contribution in [-0.4, -0.2) is 57.5 Å². The van der Waals surface area contributed by atoms with Crippen molar-refractivity contribution in [2.45, 2.75) is 45.8 Å². The Morgan fingerprint density at radius 3 is 2.53 bits per heavy atom. The molecule has 2 saturated heterocycles. The van der Waals surface area contributed by atoms with E-state index in [-0.39, 0.29) is 9.80 Å². The highest BCUT2D eigenvalue weighted by Gasteiger charge is 2.66. The molecule has 1 N–H and O–H groups in total. The molecule has 0 aliphatic carbocycles. The molecule has 0 spiro atoms. The summed E-state index contributed by atoms with van der Waals surface area (Å²) in [6.07, 6.45) is -4.82. The number of thioether (sulfide) groups is 1. The maximum Gasteiger partial charge on any atom is 0.404 e. The maximum absolute atomic E-state index is 13.9. The predicted octanol–water partition coefficient (Wildman–Crippen LogP) is 2.82. The van der Waals surface area contributed by atoms with Crippen LogP contribution in [0, 0.1) is 0 Å². The van der Waals surface area contributed by atoms with Crippen LogP contribution in [0.1, 0.15) is 13.3 Å². The van der Waals surface area contributed by atoms with Gasteiger partial charge < -0.3 is 10.2 Å². The second-order valence-corrected chi connectivity index (χ2v) is 9.17. The van der Waals surface area contributed by atoms with E-state index < -0.39 is 29.2 Å². The van der Waals surface area contributed by atoms with E-state index in [1.165, 1.54) is 6.92 Å². The number of piperidine rings is 1. The van der Waals surface area contributed by atoms with Crippen LogP contribution in [0.25, 0.3) is 0 Å². The predicted molar refractivity (Wildman–Crippen MR) is 77.6 cm³/mol. The summed E-state index contributed by atoms with van der Waals surface area (Å²) >= 11 is 2.90. The number of nitrogens with zero attached hydrogens (tertiary/aromatic N) is 1. The highest BCUT2D eigenvalue weighted by Crippen LogP contribution is 2.58. The molecule has 8 heteroatoms. The number of nitrogens with one attached hydrogen (secondary N) is 1. The van der Waals surface area contributed by atoms with Crippen molar-refractivity contribution in [3.63, 3.8) is 0 Å². The molecule has 2 aliphatic heterocycles. The largest absolute Gasteiger partial charge is 0.404 e. The molecule has 0 radical (unpaired) electrons. The van der Waals surface area contributed by atoms with E-state index in [4.69, 9.17) is 0 Å². The summed E-state index contributed by atoms with van der Waals surface area (Å²) in [5.74, 6) is 0. The van der Waals surface area contributed by atoms with E-state index in [1.807, 2.05) is 34.5 Å². The molecule has 0 amide bonds. The molecule has 0 bridgehead atoms. The van der Waals surface area contributed by atoms with Crippen molar-refractivity contribution in [2.75, 3.05) is 20.1 Å². The lowest BCUT2D eigenvalue weighted by atomic mass is 9.96. The van der Waals surface area contributed by atoms with Gasteiger partial charge in [0.25, 0.3) is 0 Å². The quantitative estimate of drug-likeness (QED) is 0.427. The van der Waals surface area contributed by atoms with E-state index >= 15 is 0 Å². The topological polar surface area (TPSA) is 15.3 Å². The third kappa shape index (κ3) is 3.01. The Hall–Kier alpha value is 0.720. The lowest BCUT2D eigenvalue weighted by Gasteiger charge is -2.53. The second kappa shape index (κ2) is 5.49. The average Bonchev–Trinajstić information content (AvgIpc) is 2.26. The lowest BCUT2D eigenvalue weighted by Crippen LogP contribution is -2.70. The third-order valence-electron chi connectivity index (χ3n) is 3.91. The molecule has 2 rings (SSSR count). The first kappa shape index (κ1) is 16.1. The van der Waals surface area contributed by atoms with Gasteiger partial charge in [0.15, 0.2) is 0 Å². The molecule has 112 valence electrons. The number of alkyl halides is 5. The minimum absolute atomic E-state index is 0.170. The Bertz CT molecular complexity index is 343. The average molecular weight is 412 g/mol. The Morgan fingerprint density at radius 1 is 1.42 bits per heavy atom. The van der Waals surface area contributed by atoms with E-state index in [0.29, 0.717) is 13.0 Å². The van der Waals surface area contributed by atoms with Gasteiger partial charge in [-0.3, -0.25) is 0 Å². The van der Waals surface area contributed by atoms with Crippen LogP contribution < -0.4 is 5.32 Å². The van der Waals surface area contributed by atoms with Crippen LogP contribution in [0.5, 0.6) is 0 Å². The maximum atomic E-state index is 13.9. The summed E-state index contributed by atoms with van der Waals surface area (Å²) in [5, 5.41) is 2.92. The minimum atomic E-state index is -4.27. The lowest BCUT2D eigenvalue weighted by molar-refractivity contribution is -0.166. The molecular weight excluding hydrogens is 395 g/mol. The van der Waals surface area contributed by atoms with E-state index in [9.17, 15) is 17.6 Å². The van der Waals surface area contributed by atoms with E-state index in [0.717, 1.165) is 11.8 Å². The second-order valence-electron chi connectivity index (χ2n) is 5.39. The molecule has 5 atom stereocenters. The number of likely N-dealkylation sites (tertiary alicyclic amines) is 1. The van der Waals surface area contributed by atoms with Gasteiger partial charge in [-0.15, -0.1) is 11.8 Å². The number of halogens is 5. The molecule has 0 aromatic carbocycles. The fourth-order valence-electron chi connectivity index (χ4n) is 2.51. The summed E-state index contributed by atoms with van der Waals surface area (Å²) in [7, 11) is 1.82. The Kier molecular flexibility index (Phi) is 4.65. The minimum Gasteiger partial charge on any atom is -0.305 e. The zero-order valence-corrected chi connectivity index (χ0v) is 13.7. The highest BCUT2D eigenvalue weighted by molar-refractivity contribution is 14.1. The van der Waals surface area contributed by atoms with Crippen molar-refractivity contribution in [1.82, 2.24) is 10.2 Å². The molecule has 2 aliphatic rings. The van der Waals surface area contributed by atoms with Crippen molar-refractivity contribution in [1.29, 1.82) is 0 Å². The molecule has 2 unspecified atom stereocenters. The van der Waals surface area contributed by atoms with Gasteiger partial charge in [0.2, 0.25) is 0 Å². The first-order chi connectivity index (χ1) is 8.65. The molecule has 2 nitrogen and oxygen atoms in total. The van der Waals surface area contributed by atoms with Gasteiger partial charge in [0.05, 0.1) is 9.30 Å². The number of hydrogen-bond donors (Lipinski definition) is 1. The van der Waals surface area contributed by atoms with Gasteiger partial charge in [-0.25, -0.2) is 4.39 Å². The van der Waals surface area contributed by atoms with Crippen molar-refractivity contribution in [3.8, 4) is 0 Å². The zero-order chi connectivity index (χ0) is 14.4. The summed E-state index contributed by atoms with van der Waals surface area (Å²) in [6, 6.07) is -1.19. The smallest absolute Gasteiger partial charge is 0.305 e. The van der Waals surface area contributed by atoms with Crippen LogP contribution in [0.2, 0.25) is 0 Å². The first-order valence-corrected chi connectivity index (χ1v) is 8.25. The van der Waals surface area contributed by atoms with Gasteiger partial charge in [0.1, 0.15) is 10.9 Å². The fraction of sp³-hybridized carbons (Fsp3) is 1.00.